The normalized spacial score (nSPS) is 21.4. The van der Waals surface area contributed by atoms with Gasteiger partial charge in [0.15, 0.2) is 5.78 Å². The number of Topliss-reactive ketones (excluding diaryl/α,β-unsaturated/α-hetero) is 1. The number of aromatic nitrogens is 2. The molecule has 27 heavy (non-hydrogen) atoms. The van der Waals surface area contributed by atoms with Crippen molar-refractivity contribution in [3.05, 3.63) is 34.3 Å². The molecule has 1 fully saturated rings. The van der Waals surface area contributed by atoms with E-state index in [1.54, 1.807) is 0 Å². The van der Waals surface area contributed by atoms with E-state index < -0.39 is 0 Å². The Morgan fingerprint density at radius 2 is 2.11 bits per heavy atom. The van der Waals surface area contributed by atoms with Gasteiger partial charge in [0.2, 0.25) is 0 Å². The molecule has 1 aromatic carbocycles. The fourth-order valence-electron chi connectivity index (χ4n) is 4.77. The minimum Gasteiger partial charge on any atom is -0.383 e. The Hall–Kier alpha value is -2.40. The molecule has 3 aliphatic rings. The molecule has 5 nitrogen and oxygen atoms in total. The maximum Gasteiger partial charge on any atom is 0.192 e. The van der Waals surface area contributed by atoms with Crippen molar-refractivity contribution in [1.29, 1.82) is 0 Å². The van der Waals surface area contributed by atoms with E-state index in [4.69, 9.17) is 0 Å². The smallest absolute Gasteiger partial charge is 0.192 e. The minimum absolute atomic E-state index is 0.168. The zero-order valence-corrected chi connectivity index (χ0v) is 15.8. The molecule has 1 aromatic heterocycles. The van der Waals surface area contributed by atoms with Crippen LogP contribution < -0.4 is 15.9 Å². The molecule has 2 heterocycles. The number of ketones is 1. The molecular formula is C22H26N4O. The van der Waals surface area contributed by atoms with Crippen molar-refractivity contribution in [2.45, 2.75) is 32.6 Å². The lowest BCUT2D eigenvalue weighted by Crippen LogP contribution is -2.37. The number of fused-ring (bicyclic) bond motifs is 2. The summed E-state index contributed by atoms with van der Waals surface area (Å²) in [5, 5.41) is 13.3. The minimum atomic E-state index is 0.168. The van der Waals surface area contributed by atoms with Crippen LogP contribution in [0.25, 0.3) is 22.9 Å². The van der Waals surface area contributed by atoms with Gasteiger partial charge in [-0.3, -0.25) is 9.89 Å². The number of piperidine rings is 1. The topological polar surface area (TPSA) is 61.0 Å². The van der Waals surface area contributed by atoms with Crippen LogP contribution in [0.4, 0.5) is 5.69 Å². The Morgan fingerprint density at radius 1 is 1.26 bits per heavy atom. The van der Waals surface area contributed by atoms with Crippen molar-refractivity contribution in [2.75, 3.05) is 31.5 Å². The lowest BCUT2D eigenvalue weighted by atomic mass is 9.82. The number of benzene rings is 1. The predicted molar refractivity (Wildman–Crippen MR) is 108 cm³/mol. The molecule has 5 heteroatoms. The van der Waals surface area contributed by atoms with E-state index in [1.807, 2.05) is 18.2 Å². The molecule has 2 N–H and O–H groups in total. The van der Waals surface area contributed by atoms with Gasteiger partial charge < -0.3 is 10.2 Å². The third kappa shape index (κ3) is 2.81. The van der Waals surface area contributed by atoms with E-state index in [-0.39, 0.29) is 5.78 Å². The highest BCUT2D eigenvalue weighted by Crippen LogP contribution is 2.34. The van der Waals surface area contributed by atoms with Crippen LogP contribution in [0.5, 0.6) is 0 Å². The Kier molecular flexibility index (Phi) is 4.12. The Morgan fingerprint density at radius 3 is 2.96 bits per heavy atom. The van der Waals surface area contributed by atoms with E-state index in [0.29, 0.717) is 5.92 Å². The number of hydrogen-bond acceptors (Lipinski definition) is 4. The highest BCUT2D eigenvalue weighted by atomic mass is 16.1. The summed E-state index contributed by atoms with van der Waals surface area (Å²) in [5.74, 6) is 0.520. The Labute approximate surface area is 159 Å². The van der Waals surface area contributed by atoms with Gasteiger partial charge in [-0.25, -0.2) is 0 Å². The summed E-state index contributed by atoms with van der Waals surface area (Å²) in [6, 6.07) is 6.08. The first kappa shape index (κ1) is 16.8. The fraction of sp³-hybridized carbons (Fsp3) is 0.455. The number of nitrogens with one attached hydrogen (secondary N) is 2. The van der Waals surface area contributed by atoms with E-state index in [9.17, 15) is 4.79 Å². The number of aromatic amines is 1. The van der Waals surface area contributed by atoms with Crippen molar-refractivity contribution in [3.8, 4) is 11.3 Å². The van der Waals surface area contributed by atoms with Gasteiger partial charge >= 0.3 is 0 Å². The van der Waals surface area contributed by atoms with Crippen LogP contribution in [-0.4, -0.2) is 47.1 Å². The lowest BCUT2D eigenvalue weighted by Gasteiger charge is -2.27. The van der Waals surface area contributed by atoms with Gasteiger partial charge in [-0.2, -0.15) is 5.10 Å². The van der Waals surface area contributed by atoms with E-state index in [2.05, 4.69) is 33.4 Å². The summed E-state index contributed by atoms with van der Waals surface area (Å²) in [4.78, 5) is 15.9. The average Bonchev–Trinajstić information content (AvgIpc) is 3.11. The number of rotatable bonds is 4. The second-order valence-electron chi connectivity index (χ2n) is 8.07. The molecule has 0 radical (unpaired) electrons. The van der Waals surface area contributed by atoms with Crippen molar-refractivity contribution in [3.63, 3.8) is 0 Å². The van der Waals surface area contributed by atoms with E-state index >= 15 is 0 Å². The number of H-pyrrole nitrogens is 1. The number of likely N-dealkylation sites (tertiary alicyclic amines) is 1. The zero-order valence-electron chi connectivity index (χ0n) is 15.8. The SMILES string of the molecule is CC1C=c2[nH]nc3c2=C(C1)C(=O)c1c(NCCN2CCCCC2)cccc1-3. The van der Waals surface area contributed by atoms with Gasteiger partial charge in [0.05, 0.1) is 10.9 Å². The Balaban J connectivity index is 1.47. The highest BCUT2D eigenvalue weighted by Gasteiger charge is 2.31. The number of carbonyl (C=O) groups is 1. The first-order valence-electron chi connectivity index (χ1n) is 10.2. The maximum absolute atomic E-state index is 13.4. The van der Waals surface area contributed by atoms with Crippen molar-refractivity contribution < 1.29 is 4.79 Å². The van der Waals surface area contributed by atoms with Crippen LogP contribution in [0, 0.1) is 5.92 Å². The second kappa shape index (κ2) is 6.64. The van der Waals surface area contributed by atoms with E-state index in [0.717, 1.165) is 58.2 Å². The van der Waals surface area contributed by atoms with Crippen molar-refractivity contribution in [2.24, 2.45) is 5.92 Å². The van der Waals surface area contributed by atoms with Crippen LogP contribution in [0.3, 0.4) is 0 Å². The summed E-state index contributed by atoms with van der Waals surface area (Å²) in [6.07, 6.45) is 6.94. The molecular weight excluding hydrogens is 336 g/mol. The number of hydrogen-bond donors (Lipinski definition) is 2. The molecule has 1 saturated heterocycles. The molecule has 0 bridgehead atoms. The predicted octanol–water partition coefficient (Wildman–Crippen LogP) is 2.14. The van der Waals surface area contributed by atoms with Gasteiger partial charge in [0.25, 0.3) is 0 Å². The molecule has 2 aromatic rings. The van der Waals surface area contributed by atoms with Gasteiger partial charge in [0, 0.05) is 35.1 Å². The molecule has 140 valence electrons. The van der Waals surface area contributed by atoms with E-state index in [1.165, 1.54) is 32.4 Å². The van der Waals surface area contributed by atoms with Crippen LogP contribution >= 0.6 is 0 Å². The van der Waals surface area contributed by atoms with Crippen molar-refractivity contribution >= 4 is 23.1 Å². The Bertz CT molecular complexity index is 1010. The largest absolute Gasteiger partial charge is 0.383 e. The van der Waals surface area contributed by atoms with Crippen LogP contribution in [-0.2, 0) is 0 Å². The molecule has 1 unspecified atom stereocenters. The first-order valence-corrected chi connectivity index (χ1v) is 10.2. The summed E-state index contributed by atoms with van der Waals surface area (Å²) < 4.78 is 0. The summed E-state index contributed by atoms with van der Waals surface area (Å²) in [7, 11) is 0. The molecule has 5 rings (SSSR count). The standard InChI is InChI=1S/C22H26N4O/c1-14-12-16-19-18(13-14)24-25-21(19)15-6-5-7-17(20(15)22(16)27)23-8-11-26-9-3-2-4-10-26/h5-7,13-14,23-24H,2-4,8-12H2,1H3. The highest BCUT2D eigenvalue weighted by molar-refractivity contribution is 6.30. The summed E-state index contributed by atoms with van der Waals surface area (Å²) >= 11 is 0. The number of anilines is 1. The zero-order chi connectivity index (χ0) is 18.4. The molecule has 1 aliphatic heterocycles. The monoisotopic (exact) mass is 362 g/mol. The van der Waals surface area contributed by atoms with Gasteiger partial charge in [-0.15, -0.1) is 0 Å². The molecule has 0 spiro atoms. The van der Waals surface area contributed by atoms with Crippen LogP contribution in [0.1, 0.15) is 43.0 Å². The third-order valence-corrected chi connectivity index (χ3v) is 6.09. The lowest BCUT2D eigenvalue weighted by molar-refractivity contribution is 0.105. The number of carbonyl (C=O) groups excluding carboxylic acids is 1. The summed E-state index contributed by atoms with van der Waals surface area (Å²) in [6.45, 7) is 6.43. The van der Waals surface area contributed by atoms with Gasteiger partial charge in [-0.1, -0.05) is 31.6 Å². The second-order valence-corrected chi connectivity index (χ2v) is 8.07. The van der Waals surface area contributed by atoms with Crippen LogP contribution in [0.15, 0.2) is 18.2 Å². The van der Waals surface area contributed by atoms with Gasteiger partial charge in [0.1, 0.15) is 5.69 Å². The van der Waals surface area contributed by atoms with Crippen molar-refractivity contribution in [1.82, 2.24) is 15.1 Å². The quantitative estimate of drug-likeness (QED) is 0.875. The van der Waals surface area contributed by atoms with Gasteiger partial charge in [-0.05, 0) is 44.3 Å². The summed E-state index contributed by atoms with van der Waals surface area (Å²) in [5.41, 5.74) is 4.54. The third-order valence-electron chi connectivity index (χ3n) is 6.09. The number of nitrogens with zero attached hydrogens (tertiary/aromatic N) is 2. The molecule has 1 atom stereocenters. The molecule has 0 amide bonds. The van der Waals surface area contributed by atoms with Crippen LogP contribution in [0.2, 0.25) is 0 Å². The maximum atomic E-state index is 13.4. The first-order chi connectivity index (χ1) is 13.2. The molecule has 2 aliphatic carbocycles. The average molecular weight is 362 g/mol. The molecule has 0 saturated carbocycles. The fourth-order valence-corrected chi connectivity index (χ4v) is 4.77.